The van der Waals surface area contributed by atoms with Gasteiger partial charge in [0.05, 0.1) is 30.3 Å². The number of anilines is 1. The van der Waals surface area contributed by atoms with E-state index in [0.29, 0.717) is 26.2 Å². The molecule has 1 fully saturated rings. The molecule has 2 aliphatic rings. The molecule has 0 N–H and O–H groups in total. The van der Waals surface area contributed by atoms with Crippen molar-refractivity contribution in [3.05, 3.63) is 47.4 Å². The molecule has 8 nitrogen and oxygen atoms in total. The summed E-state index contributed by atoms with van der Waals surface area (Å²) in [6.07, 6.45) is 3.67. The zero-order valence-corrected chi connectivity index (χ0v) is 18.4. The minimum atomic E-state index is -3.18. The van der Waals surface area contributed by atoms with Gasteiger partial charge in [-0.05, 0) is 38.0 Å². The molecule has 1 aromatic heterocycles. The summed E-state index contributed by atoms with van der Waals surface area (Å²) in [6, 6.07) is 8.01. The van der Waals surface area contributed by atoms with Crippen molar-refractivity contribution in [1.29, 1.82) is 0 Å². The minimum absolute atomic E-state index is 0.102. The topological polar surface area (TPSA) is 88.0 Å². The third kappa shape index (κ3) is 4.46. The summed E-state index contributed by atoms with van der Waals surface area (Å²) in [5.41, 5.74) is 3.80. The third-order valence-corrected chi connectivity index (χ3v) is 6.56. The van der Waals surface area contributed by atoms with Gasteiger partial charge in [0, 0.05) is 37.8 Å². The van der Waals surface area contributed by atoms with Crippen LogP contribution < -0.4 is 9.64 Å². The number of hydrogen-bond donors (Lipinski definition) is 0. The molecule has 1 aromatic carbocycles. The Hall–Kier alpha value is -2.52. The van der Waals surface area contributed by atoms with Crippen LogP contribution in [0.4, 0.5) is 5.82 Å². The highest BCUT2D eigenvalue weighted by molar-refractivity contribution is 7.88. The van der Waals surface area contributed by atoms with Gasteiger partial charge in [0.25, 0.3) is 0 Å². The molecule has 30 heavy (non-hydrogen) atoms. The summed E-state index contributed by atoms with van der Waals surface area (Å²) in [5, 5.41) is 0. The molecule has 0 radical (unpaired) electrons. The molecular formula is C21H27N5O3S. The number of aromatic nitrogens is 2. The Morgan fingerprint density at radius 1 is 1.07 bits per heavy atom. The zero-order valence-electron chi connectivity index (χ0n) is 17.6. The van der Waals surface area contributed by atoms with Crippen molar-refractivity contribution in [2.24, 2.45) is 4.99 Å². The lowest BCUT2D eigenvalue weighted by atomic mass is 10.0. The first-order valence-corrected chi connectivity index (χ1v) is 12.0. The number of ether oxygens (including phenoxy) is 1. The van der Waals surface area contributed by atoms with Crippen LogP contribution in [0.5, 0.6) is 5.75 Å². The Labute approximate surface area is 177 Å². The predicted octanol–water partition coefficient (Wildman–Crippen LogP) is 2.09. The van der Waals surface area contributed by atoms with E-state index in [0.717, 1.165) is 47.1 Å². The number of nitrogens with zero attached hydrogens (tertiary/aromatic N) is 5. The second kappa shape index (κ2) is 8.31. The fraction of sp³-hybridized carbons (Fsp3) is 0.476. The average molecular weight is 430 g/mol. The smallest absolute Gasteiger partial charge is 0.211 e. The van der Waals surface area contributed by atoms with Crippen LogP contribution in [0.25, 0.3) is 0 Å². The molecule has 0 unspecified atom stereocenters. The normalized spacial score (nSPS) is 17.6. The van der Waals surface area contributed by atoms with Crippen molar-refractivity contribution < 1.29 is 13.2 Å². The van der Waals surface area contributed by atoms with Crippen LogP contribution in [0, 0.1) is 0 Å². The molecule has 2 aromatic rings. The highest BCUT2D eigenvalue weighted by Crippen LogP contribution is 2.28. The minimum Gasteiger partial charge on any atom is -0.491 e. The van der Waals surface area contributed by atoms with Crippen molar-refractivity contribution in [3.63, 3.8) is 0 Å². The zero-order chi connectivity index (χ0) is 21.3. The molecule has 0 bridgehead atoms. The van der Waals surface area contributed by atoms with E-state index in [4.69, 9.17) is 9.73 Å². The van der Waals surface area contributed by atoms with E-state index in [2.05, 4.69) is 20.9 Å². The second-order valence-corrected chi connectivity index (χ2v) is 9.90. The number of aliphatic imine (C=N–C) groups is 1. The van der Waals surface area contributed by atoms with Gasteiger partial charge in [-0.1, -0.05) is 6.07 Å². The van der Waals surface area contributed by atoms with E-state index in [1.807, 2.05) is 32.0 Å². The Morgan fingerprint density at radius 2 is 1.90 bits per heavy atom. The molecule has 3 heterocycles. The highest BCUT2D eigenvalue weighted by atomic mass is 32.2. The molecule has 0 spiro atoms. The summed E-state index contributed by atoms with van der Waals surface area (Å²) in [4.78, 5) is 15.7. The maximum absolute atomic E-state index is 11.9. The first-order valence-electron chi connectivity index (χ1n) is 10.2. The summed E-state index contributed by atoms with van der Waals surface area (Å²) in [7, 11) is -3.18. The predicted molar refractivity (Wildman–Crippen MR) is 117 cm³/mol. The molecule has 4 rings (SSSR count). The van der Waals surface area contributed by atoms with Gasteiger partial charge in [-0.15, -0.1) is 0 Å². The number of sulfonamides is 1. The van der Waals surface area contributed by atoms with Crippen molar-refractivity contribution in [1.82, 2.24) is 14.3 Å². The van der Waals surface area contributed by atoms with Gasteiger partial charge in [0.15, 0.2) is 0 Å². The van der Waals surface area contributed by atoms with Crippen molar-refractivity contribution >= 4 is 21.6 Å². The first kappa shape index (κ1) is 20.7. The van der Waals surface area contributed by atoms with Gasteiger partial charge in [-0.3, -0.25) is 4.99 Å². The van der Waals surface area contributed by atoms with Crippen LogP contribution in [-0.2, 0) is 16.6 Å². The van der Waals surface area contributed by atoms with Crippen LogP contribution in [0.2, 0.25) is 0 Å². The Bertz CT molecular complexity index is 1070. The van der Waals surface area contributed by atoms with E-state index in [1.54, 1.807) is 6.33 Å². The molecular weight excluding hydrogens is 402 g/mol. The van der Waals surface area contributed by atoms with Crippen molar-refractivity contribution in [2.45, 2.75) is 32.9 Å². The molecule has 0 saturated carbocycles. The lowest BCUT2D eigenvalue weighted by Crippen LogP contribution is -2.34. The van der Waals surface area contributed by atoms with E-state index >= 15 is 0 Å². The van der Waals surface area contributed by atoms with Gasteiger partial charge in [-0.25, -0.2) is 22.7 Å². The maximum Gasteiger partial charge on any atom is 0.211 e. The number of benzene rings is 1. The van der Waals surface area contributed by atoms with Gasteiger partial charge < -0.3 is 9.64 Å². The van der Waals surface area contributed by atoms with Gasteiger partial charge >= 0.3 is 0 Å². The third-order valence-electron chi connectivity index (χ3n) is 5.26. The van der Waals surface area contributed by atoms with E-state index in [1.165, 1.54) is 10.6 Å². The summed E-state index contributed by atoms with van der Waals surface area (Å²) in [6.45, 7) is 6.97. The molecule has 0 amide bonds. The van der Waals surface area contributed by atoms with Crippen molar-refractivity contribution in [3.8, 4) is 5.75 Å². The fourth-order valence-electron chi connectivity index (χ4n) is 3.83. The van der Waals surface area contributed by atoms with Gasteiger partial charge in [0.2, 0.25) is 10.0 Å². The highest BCUT2D eigenvalue weighted by Gasteiger charge is 2.24. The Morgan fingerprint density at radius 3 is 2.67 bits per heavy atom. The molecule has 0 aliphatic carbocycles. The molecule has 9 heteroatoms. The second-order valence-electron chi connectivity index (χ2n) is 7.91. The van der Waals surface area contributed by atoms with Crippen LogP contribution in [0.1, 0.15) is 37.1 Å². The molecule has 160 valence electrons. The fourth-order valence-corrected chi connectivity index (χ4v) is 4.71. The van der Waals surface area contributed by atoms with Crippen LogP contribution in [0.3, 0.4) is 0 Å². The van der Waals surface area contributed by atoms with Gasteiger partial charge in [0.1, 0.15) is 17.9 Å². The quantitative estimate of drug-likeness (QED) is 0.723. The molecule has 0 atom stereocenters. The van der Waals surface area contributed by atoms with Crippen LogP contribution in [-0.4, -0.2) is 66.9 Å². The molecule has 2 aliphatic heterocycles. The van der Waals surface area contributed by atoms with Gasteiger partial charge in [-0.2, -0.15) is 0 Å². The van der Waals surface area contributed by atoms with E-state index in [9.17, 15) is 8.42 Å². The van der Waals surface area contributed by atoms with Crippen molar-refractivity contribution in [2.75, 3.05) is 37.3 Å². The lowest BCUT2D eigenvalue weighted by Gasteiger charge is -2.22. The summed E-state index contributed by atoms with van der Waals surface area (Å²) >= 11 is 0. The average Bonchev–Trinajstić information content (AvgIpc) is 2.93. The Balaban J connectivity index is 1.57. The maximum atomic E-state index is 11.9. The number of rotatable bonds is 5. The van der Waals surface area contributed by atoms with Crippen LogP contribution >= 0.6 is 0 Å². The van der Waals surface area contributed by atoms with E-state index < -0.39 is 10.0 Å². The molecule has 1 saturated heterocycles. The monoisotopic (exact) mass is 429 g/mol. The Kier molecular flexibility index (Phi) is 5.75. The number of hydrogen-bond acceptors (Lipinski definition) is 7. The van der Waals surface area contributed by atoms with Crippen LogP contribution in [0.15, 0.2) is 35.6 Å². The lowest BCUT2D eigenvalue weighted by molar-refractivity contribution is 0.242. The summed E-state index contributed by atoms with van der Waals surface area (Å²) < 4.78 is 31.1. The summed E-state index contributed by atoms with van der Waals surface area (Å²) in [5.74, 6) is 1.61. The standard InChI is InChI=1S/C21H27N5O3S/c1-15(2)29-17-6-5-16-13-22-21(18(16)11-17)19-12-20(24-14-23-19)25-7-4-8-26(10-9-25)30(3,27)28/h5-6,11-12,14-15H,4,7-10,13H2,1-3H3. The SMILES string of the molecule is CC(C)Oc1ccc2c(c1)C(c1cc(N3CCCN(S(C)(=O)=O)CC3)ncn1)=NC2. The first-order chi connectivity index (χ1) is 14.3. The van der Waals surface area contributed by atoms with E-state index in [-0.39, 0.29) is 6.10 Å². The largest absolute Gasteiger partial charge is 0.491 e. The number of fused-ring (bicyclic) bond motifs is 1.